The zero-order valence-corrected chi connectivity index (χ0v) is 8.51. The Morgan fingerprint density at radius 2 is 2.07 bits per heavy atom. The van der Waals surface area contributed by atoms with Crippen molar-refractivity contribution >= 4 is 15.9 Å². The van der Waals surface area contributed by atoms with Gasteiger partial charge in [0.2, 0.25) is 0 Å². The highest BCUT2D eigenvalue weighted by molar-refractivity contribution is 9.10. The van der Waals surface area contributed by atoms with Crippen LogP contribution >= 0.6 is 15.9 Å². The first-order valence-electron chi connectivity index (χ1n) is 3.74. The number of rotatable bonds is 2. The molecule has 0 saturated carbocycles. The van der Waals surface area contributed by atoms with E-state index in [-0.39, 0.29) is 0 Å². The van der Waals surface area contributed by atoms with Crippen molar-refractivity contribution in [3.63, 3.8) is 0 Å². The Hall–Kier alpha value is -0.620. The van der Waals surface area contributed by atoms with Crippen molar-refractivity contribution in [1.82, 2.24) is 4.98 Å². The van der Waals surface area contributed by atoms with Crippen molar-refractivity contribution in [3.8, 4) is 0 Å². The van der Waals surface area contributed by atoms with Crippen LogP contribution in [0.2, 0.25) is 0 Å². The largest absolute Gasteiger partial charge is 0.414 e. The lowest BCUT2D eigenvalue weighted by Gasteiger charge is -2.13. The van der Waals surface area contributed by atoms with Crippen LogP contribution in [0.5, 0.6) is 0 Å². The molecule has 0 aliphatic heterocycles. The Labute approximate surface area is 86.9 Å². The lowest BCUT2D eigenvalue weighted by Crippen LogP contribution is -2.30. The highest BCUT2D eigenvalue weighted by Crippen LogP contribution is 2.23. The van der Waals surface area contributed by atoms with Gasteiger partial charge in [-0.2, -0.15) is 13.2 Å². The molecule has 0 spiro atoms. The summed E-state index contributed by atoms with van der Waals surface area (Å²) in [5.74, 6) is 0. The molecule has 2 nitrogen and oxygen atoms in total. The maximum atomic E-state index is 12.0. The van der Waals surface area contributed by atoms with Crippen LogP contribution < -0.4 is 0 Å². The molecule has 0 fully saturated rings. The van der Waals surface area contributed by atoms with Gasteiger partial charge in [-0.15, -0.1) is 0 Å². The molecule has 0 aliphatic carbocycles. The van der Waals surface area contributed by atoms with Crippen molar-refractivity contribution in [2.45, 2.75) is 18.7 Å². The van der Waals surface area contributed by atoms with Gasteiger partial charge in [-0.1, -0.05) is 0 Å². The third-order valence-electron chi connectivity index (χ3n) is 1.57. The second kappa shape index (κ2) is 4.27. The molecule has 1 aromatic heterocycles. The van der Waals surface area contributed by atoms with Gasteiger partial charge in [-0.05, 0) is 27.6 Å². The third-order valence-corrected chi connectivity index (χ3v) is 2.00. The van der Waals surface area contributed by atoms with Crippen molar-refractivity contribution in [1.29, 1.82) is 0 Å². The average Bonchev–Trinajstić information content (AvgIpc) is 2.02. The molecule has 0 bridgehead atoms. The van der Waals surface area contributed by atoms with E-state index in [9.17, 15) is 13.2 Å². The number of hydrogen-bond donors (Lipinski definition) is 1. The number of hydrogen-bond acceptors (Lipinski definition) is 2. The molecule has 14 heavy (non-hydrogen) atoms. The van der Waals surface area contributed by atoms with Crippen molar-refractivity contribution in [2.75, 3.05) is 0 Å². The second-order valence-electron chi connectivity index (χ2n) is 2.77. The summed E-state index contributed by atoms with van der Waals surface area (Å²) in [4.78, 5) is 3.69. The van der Waals surface area contributed by atoms with Gasteiger partial charge in [0.05, 0.1) is 0 Å². The lowest BCUT2D eigenvalue weighted by molar-refractivity contribution is -0.203. The van der Waals surface area contributed by atoms with E-state index in [2.05, 4.69) is 20.9 Å². The predicted octanol–water partition coefficient (Wildman–Crippen LogP) is 2.31. The van der Waals surface area contributed by atoms with Gasteiger partial charge in [0.1, 0.15) is 0 Å². The van der Waals surface area contributed by atoms with Crippen molar-refractivity contribution in [2.24, 2.45) is 0 Å². The lowest BCUT2D eigenvalue weighted by atomic mass is 10.1. The van der Waals surface area contributed by atoms with Crippen molar-refractivity contribution < 1.29 is 18.3 Å². The molecule has 1 aromatic rings. The maximum absolute atomic E-state index is 12.0. The Morgan fingerprint density at radius 3 is 2.57 bits per heavy atom. The van der Waals surface area contributed by atoms with Gasteiger partial charge in [-0.3, -0.25) is 4.98 Å². The van der Waals surface area contributed by atoms with Crippen LogP contribution in [-0.4, -0.2) is 22.4 Å². The van der Waals surface area contributed by atoms with E-state index in [1.165, 1.54) is 18.5 Å². The zero-order valence-electron chi connectivity index (χ0n) is 6.92. The minimum atomic E-state index is -4.58. The molecule has 0 amide bonds. The molecule has 0 saturated heterocycles. The van der Waals surface area contributed by atoms with Crippen molar-refractivity contribution in [3.05, 3.63) is 28.5 Å². The minimum absolute atomic E-state index is 0.337. The van der Waals surface area contributed by atoms with Crippen LogP contribution in [0.25, 0.3) is 0 Å². The summed E-state index contributed by atoms with van der Waals surface area (Å²) in [5.41, 5.74) is 0.337. The molecule has 0 aliphatic rings. The molecule has 0 radical (unpaired) electrons. The Kier molecular flexibility index (Phi) is 3.49. The first-order chi connectivity index (χ1) is 6.39. The van der Waals surface area contributed by atoms with Crippen LogP contribution in [0.3, 0.4) is 0 Å². The van der Waals surface area contributed by atoms with Crippen LogP contribution in [-0.2, 0) is 6.42 Å². The number of alkyl halides is 3. The van der Waals surface area contributed by atoms with Gasteiger partial charge in [-0.25, -0.2) is 0 Å². The second-order valence-corrected chi connectivity index (χ2v) is 3.69. The number of pyridine rings is 1. The number of aliphatic hydroxyl groups excluding tert-OH is 1. The molecule has 1 N–H and O–H groups in total. The maximum Gasteiger partial charge on any atom is 0.414 e. The number of nitrogens with zero attached hydrogens (tertiary/aromatic N) is 1. The first-order valence-corrected chi connectivity index (χ1v) is 4.53. The smallest absolute Gasteiger partial charge is 0.383 e. The zero-order chi connectivity index (χ0) is 10.8. The van der Waals surface area contributed by atoms with E-state index in [1.54, 1.807) is 0 Å². The number of aromatic nitrogens is 1. The van der Waals surface area contributed by atoms with E-state index >= 15 is 0 Å². The number of aliphatic hydroxyl groups is 1. The van der Waals surface area contributed by atoms with E-state index in [0.717, 1.165) is 0 Å². The molecule has 1 unspecified atom stereocenters. The van der Waals surface area contributed by atoms with Gasteiger partial charge >= 0.3 is 6.18 Å². The molecule has 6 heteroatoms. The fraction of sp³-hybridized carbons (Fsp3) is 0.375. The molecule has 78 valence electrons. The summed E-state index contributed by atoms with van der Waals surface area (Å²) in [5, 5.41) is 8.76. The monoisotopic (exact) mass is 269 g/mol. The van der Waals surface area contributed by atoms with Crippen LogP contribution in [0, 0.1) is 0 Å². The highest BCUT2D eigenvalue weighted by Gasteiger charge is 2.37. The van der Waals surface area contributed by atoms with Crippen LogP contribution in [0.4, 0.5) is 13.2 Å². The number of halogens is 4. The molecule has 1 rings (SSSR count). The average molecular weight is 270 g/mol. The SMILES string of the molecule is OC(Cc1cncc(Br)c1)C(F)(F)F. The standard InChI is InChI=1S/C8H7BrF3NO/c9-6-1-5(3-13-4-6)2-7(14)8(10,11)12/h1,3-4,7,14H,2H2. The van der Waals surface area contributed by atoms with E-state index in [4.69, 9.17) is 5.11 Å². The predicted molar refractivity (Wildman–Crippen MR) is 47.7 cm³/mol. The fourth-order valence-electron chi connectivity index (χ4n) is 0.906. The first kappa shape index (κ1) is 11.5. The molecule has 1 atom stereocenters. The van der Waals surface area contributed by atoms with Crippen LogP contribution in [0.15, 0.2) is 22.9 Å². The third kappa shape index (κ3) is 3.26. The molecular weight excluding hydrogens is 263 g/mol. The molecular formula is C8H7BrF3NO. The quantitative estimate of drug-likeness (QED) is 0.894. The normalized spacial score (nSPS) is 14.1. The van der Waals surface area contributed by atoms with Gasteiger partial charge in [0, 0.05) is 23.3 Å². The Bertz CT molecular complexity index is 316. The summed E-state index contributed by atoms with van der Waals surface area (Å²) >= 11 is 3.08. The summed E-state index contributed by atoms with van der Waals surface area (Å²) in [6.45, 7) is 0. The van der Waals surface area contributed by atoms with Gasteiger partial charge < -0.3 is 5.11 Å². The topological polar surface area (TPSA) is 33.1 Å². The van der Waals surface area contributed by atoms with Crippen LogP contribution in [0.1, 0.15) is 5.56 Å². The summed E-state index contributed by atoms with van der Waals surface area (Å²) < 4.78 is 36.4. The van der Waals surface area contributed by atoms with Gasteiger partial charge in [0.15, 0.2) is 6.10 Å². The highest BCUT2D eigenvalue weighted by atomic mass is 79.9. The summed E-state index contributed by atoms with van der Waals surface area (Å²) in [6.07, 6.45) is -4.64. The van der Waals surface area contributed by atoms with E-state index in [0.29, 0.717) is 10.0 Å². The summed E-state index contributed by atoms with van der Waals surface area (Å²) in [6, 6.07) is 1.49. The Balaban J connectivity index is 2.70. The summed E-state index contributed by atoms with van der Waals surface area (Å²) in [7, 11) is 0. The fourth-order valence-corrected chi connectivity index (χ4v) is 1.32. The van der Waals surface area contributed by atoms with E-state index in [1.807, 2.05) is 0 Å². The Morgan fingerprint density at radius 1 is 1.43 bits per heavy atom. The molecule has 1 heterocycles. The minimum Gasteiger partial charge on any atom is -0.383 e. The van der Waals surface area contributed by atoms with Gasteiger partial charge in [0.25, 0.3) is 0 Å². The molecule has 0 aromatic carbocycles. The van der Waals surface area contributed by atoms with E-state index < -0.39 is 18.7 Å².